The van der Waals surface area contributed by atoms with Crippen LogP contribution in [0.2, 0.25) is 0 Å². The van der Waals surface area contributed by atoms with Gasteiger partial charge in [0.15, 0.2) is 0 Å². The van der Waals surface area contributed by atoms with Crippen LogP contribution in [0.1, 0.15) is 85.9 Å². The summed E-state index contributed by atoms with van der Waals surface area (Å²) in [4.78, 5) is 9.64. The van der Waals surface area contributed by atoms with E-state index in [1.54, 1.807) is 6.20 Å². The van der Waals surface area contributed by atoms with Gasteiger partial charge in [-0.25, -0.2) is 4.98 Å². The molecule has 0 saturated heterocycles. The third-order valence-corrected chi connectivity index (χ3v) is 14.7. The summed E-state index contributed by atoms with van der Waals surface area (Å²) in [7, 11) is 0. The van der Waals surface area contributed by atoms with Gasteiger partial charge in [-0.1, -0.05) is 207 Å². The zero-order valence-corrected chi connectivity index (χ0v) is 47.7. The summed E-state index contributed by atoms with van der Waals surface area (Å²) in [6, 6.07) is 66.5. The monoisotopic (exact) mass is 1200 g/mol. The predicted molar refractivity (Wildman–Crippen MR) is 322 cm³/mol. The third kappa shape index (κ3) is 9.86. The number of hydrogen-bond acceptors (Lipinski definition) is 4. The van der Waals surface area contributed by atoms with Crippen molar-refractivity contribution in [3.8, 4) is 61.8 Å². The molecule has 6 heteroatoms. The second-order valence-electron chi connectivity index (χ2n) is 23.1. The average molecular weight is 1200 g/mol. The number of aromatic nitrogens is 2. The van der Waals surface area contributed by atoms with Crippen molar-refractivity contribution in [2.24, 2.45) is 0 Å². The Bertz CT molecular complexity index is 4250. The molecule has 0 N–H and O–H groups in total. The fourth-order valence-electron chi connectivity index (χ4n) is 10.4. The summed E-state index contributed by atoms with van der Waals surface area (Å²) in [5, 5.41) is 1.92. The van der Waals surface area contributed by atoms with Gasteiger partial charge in [0.25, 0.3) is 0 Å². The van der Waals surface area contributed by atoms with Gasteiger partial charge in [-0.3, -0.25) is 0 Å². The summed E-state index contributed by atoms with van der Waals surface area (Å²) in [5.74, 6) is 1.55. The van der Waals surface area contributed by atoms with Crippen molar-refractivity contribution >= 4 is 44.6 Å². The molecule has 0 amide bonds. The molecule has 1 aliphatic heterocycles. The van der Waals surface area contributed by atoms with Gasteiger partial charge < -0.3 is 19.1 Å². The molecule has 0 unspecified atom stereocenters. The largest absolute Gasteiger partial charge is 0.509 e. The van der Waals surface area contributed by atoms with E-state index in [4.69, 9.17) is 16.6 Å². The van der Waals surface area contributed by atoms with Crippen molar-refractivity contribution < 1.29 is 32.7 Å². The van der Waals surface area contributed by atoms with E-state index in [-0.39, 0.29) is 55.0 Å². The van der Waals surface area contributed by atoms with E-state index in [2.05, 4.69) is 193 Å². The Morgan fingerprint density at radius 2 is 1.04 bits per heavy atom. The second kappa shape index (κ2) is 20.4. The number of rotatable bonds is 9. The van der Waals surface area contributed by atoms with E-state index in [1.165, 1.54) is 22.3 Å². The number of para-hydroxylation sites is 3. The fourth-order valence-corrected chi connectivity index (χ4v) is 10.4. The first-order valence-electron chi connectivity index (χ1n) is 28.9. The van der Waals surface area contributed by atoms with E-state index < -0.39 is 18.1 Å². The Labute approximate surface area is 482 Å². The van der Waals surface area contributed by atoms with Gasteiger partial charge in [0.2, 0.25) is 0 Å². The van der Waals surface area contributed by atoms with Crippen LogP contribution in [-0.2, 0) is 37.3 Å². The summed E-state index contributed by atoms with van der Waals surface area (Å²) < 4.78 is 51.6. The Morgan fingerprint density at radius 3 is 1.69 bits per heavy atom. The smallest absolute Gasteiger partial charge is 0.143 e. The van der Waals surface area contributed by atoms with Gasteiger partial charge in [-0.05, 0) is 97.0 Å². The molecule has 11 aromatic rings. The van der Waals surface area contributed by atoms with Crippen molar-refractivity contribution in [3.63, 3.8) is 0 Å². The molecule has 390 valence electrons. The Balaban J connectivity index is 0.00000721. The topological polar surface area (TPSA) is 33.5 Å². The Hall–Kier alpha value is -7.98. The van der Waals surface area contributed by atoms with Crippen LogP contribution in [0.3, 0.4) is 0 Å². The molecule has 9 aromatic carbocycles. The Morgan fingerprint density at radius 1 is 0.474 bits per heavy atom. The van der Waals surface area contributed by atoms with Gasteiger partial charge in [-0.15, -0.1) is 48.1 Å². The minimum atomic E-state index is -0.446. The standard InChI is InChI=1S/C72H63N4O.Pt/c1-70(2,3)53-38-51(39-54(41-53)71(4,5)6)62-43-55(72(7,8)9)42-61(49-26-15-11-16-27-49)68(62)75-47-74(65-34-21-22-35-66(65)75)56-30-23-31-57(44-56)77-58-36-37-60-59-32-19-20-33-64(59)76(67(60)45-58)69-63(50-28-17-12-18-29-50)40-52(46-73-69)48-24-13-10-14-25-48;/h10-43,46-47H,1-9H3;/q-3;/i10D,13D,14D,24D,25D;. The summed E-state index contributed by atoms with van der Waals surface area (Å²) >= 11 is 0. The van der Waals surface area contributed by atoms with Crippen LogP contribution >= 0.6 is 0 Å². The normalized spacial score (nSPS) is 13.6. The molecule has 0 bridgehead atoms. The number of benzene rings is 9. The number of fused-ring (bicyclic) bond motifs is 4. The van der Waals surface area contributed by atoms with Crippen LogP contribution in [0, 0.1) is 18.8 Å². The first-order chi connectivity index (χ1) is 39.1. The molecule has 78 heavy (non-hydrogen) atoms. The van der Waals surface area contributed by atoms with Gasteiger partial charge in [0.1, 0.15) is 5.82 Å². The van der Waals surface area contributed by atoms with Gasteiger partial charge in [-0.2, -0.15) is 12.1 Å². The molecule has 0 aliphatic carbocycles. The molecular formula is C72H63N4OPt-3. The number of nitrogens with zero attached hydrogens (tertiary/aromatic N) is 4. The van der Waals surface area contributed by atoms with Gasteiger partial charge in [0.05, 0.1) is 6.85 Å². The Kier molecular flexibility index (Phi) is 12.1. The molecule has 5 nitrogen and oxygen atoms in total. The zero-order valence-electron chi connectivity index (χ0n) is 50.4. The van der Waals surface area contributed by atoms with Crippen molar-refractivity contribution in [1.82, 2.24) is 9.55 Å². The zero-order chi connectivity index (χ0) is 57.6. The van der Waals surface area contributed by atoms with Crippen LogP contribution in [0.25, 0.3) is 72.1 Å². The predicted octanol–water partition coefficient (Wildman–Crippen LogP) is 19.5. The minimum absolute atomic E-state index is 0. The van der Waals surface area contributed by atoms with Crippen LogP contribution in [-0.4, -0.2) is 9.55 Å². The van der Waals surface area contributed by atoms with E-state index in [1.807, 2.05) is 78.9 Å². The van der Waals surface area contributed by atoms with E-state index >= 15 is 0 Å². The van der Waals surface area contributed by atoms with Crippen LogP contribution in [0.5, 0.6) is 11.5 Å². The number of pyridine rings is 1. The number of anilines is 4. The van der Waals surface area contributed by atoms with E-state index in [0.717, 1.165) is 66.8 Å². The SMILES string of the molecule is [2H]c1c([2H])c([2H])c(-c2cnc(-n3c4[c-]c(Oc5[c-]c(N6[CH-]N(c7c(-c8ccccc8)cc(C(C)(C)C)cc7-c7cc(C(C)(C)C)cc(C(C)(C)C)c7)c7ccccc76)ccc5)ccc4c4ccccc43)c(-c3ccccc3)c2)c([2H])c1[2H].[Pt]. The van der Waals surface area contributed by atoms with E-state index in [9.17, 15) is 0 Å². The van der Waals surface area contributed by atoms with Crippen LogP contribution < -0.4 is 14.5 Å². The minimum Gasteiger partial charge on any atom is -0.509 e. The third-order valence-electron chi connectivity index (χ3n) is 14.7. The first-order valence-corrected chi connectivity index (χ1v) is 26.4. The van der Waals surface area contributed by atoms with Crippen molar-refractivity contribution in [3.05, 3.63) is 248 Å². The molecule has 1 aliphatic rings. The maximum Gasteiger partial charge on any atom is 0.143 e. The molecule has 0 radical (unpaired) electrons. The molecule has 0 atom stereocenters. The molecule has 0 spiro atoms. The summed E-state index contributed by atoms with van der Waals surface area (Å²) in [6.07, 6.45) is 1.59. The number of ether oxygens (including phenoxy) is 1. The molecule has 0 saturated carbocycles. The van der Waals surface area contributed by atoms with Crippen LogP contribution in [0.15, 0.2) is 212 Å². The first kappa shape index (κ1) is 46.1. The van der Waals surface area contributed by atoms with Crippen molar-refractivity contribution in [2.75, 3.05) is 9.80 Å². The quantitative estimate of drug-likeness (QED) is 0.135. The summed E-state index contributed by atoms with van der Waals surface area (Å²) in [5.41, 5.74) is 15.6. The van der Waals surface area contributed by atoms with Gasteiger partial charge >= 0.3 is 0 Å². The summed E-state index contributed by atoms with van der Waals surface area (Å²) in [6.45, 7) is 22.9. The molecule has 2 aromatic heterocycles. The fraction of sp³-hybridized carbons (Fsp3) is 0.167. The van der Waals surface area contributed by atoms with Crippen molar-refractivity contribution in [1.29, 1.82) is 0 Å². The van der Waals surface area contributed by atoms with Crippen LogP contribution in [0.4, 0.5) is 22.7 Å². The van der Waals surface area contributed by atoms with E-state index in [0.29, 0.717) is 28.4 Å². The maximum absolute atomic E-state index is 8.82. The number of hydrogen-bond donors (Lipinski definition) is 0. The molecule has 12 rings (SSSR count). The molecular weight excluding hydrogens is 1130 g/mol. The average Bonchev–Trinajstić information content (AvgIpc) is 4.17. The van der Waals surface area contributed by atoms with Crippen molar-refractivity contribution in [2.45, 2.75) is 78.6 Å². The second-order valence-corrected chi connectivity index (χ2v) is 23.1. The van der Waals surface area contributed by atoms with Gasteiger partial charge in [0, 0.05) is 83.6 Å². The molecule has 3 heterocycles. The maximum atomic E-state index is 8.82. The molecule has 0 fully saturated rings.